The Hall–Kier alpha value is -3.38. The Balaban J connectivity index is 1.25. The summed E-state index contributed by atoms with van der Waals surface area (Å²) in [7, 11) is 0. The van der Waals surface area contributed by atoms with Gasteiger partial charge in [0.05, 0.1) is 16.8 Å². The molecule has 0 bridgehead atoms. The number of aromatic nitrogens is 1. The van der Waals surface area contributed by atoms with Gasteiger partial charge in [-0.25, -0.2) is 4.98 Å². The number of benzene rings is 2. The molecule has 33 heavy (non-hydrogen) atoms. The summed E-state index contributed by atoms with van der Waals surface area (Å²) in [5, 5.41) is 4.25. The van der Waals surface area contributed by atoms with Crippen molar-refractivity contribution in [3.63, 3.8) is 0 Å². The number of carbonyl (C=O) groups excluding carboxylic acids is 1. The third kappa shape index (κ3) is 4.57. The van der Waals surface area contributed by atoms with Crippen LogP contribution in [0.2, 0.25) is 0 Å². The molecule has 0 saturated carbocycles. The molecular formula is C27H28N4OS. The van der Waals surface area contributed by atoms with E-state index in [0.717, 1.165) is 65.7 Å². The number of piperazine rings is 1. The second-order valence-electron chi connectivity index (χ2n) is 8.32. The molecule has 5 nitrogen and oxygen atoms in total. The van der Waals surface area contributed by atoms with Crippen molar-refractivity contribution in [1.29, 1.82) is 0 Å². The zero-order valence-corrected chi connectivity index (χ0v) is 19.6. The van der Waals surface area contributed by atoms with E-state index in [1.54, 1.807) is 17.5 Å². The van der Waals surface area contributed by atoms with Crippen molar-refractivity contribution in [2.45, 2.75) is 19.8 Å². The van der Waals surface area contributed by atoms with Gasteiger partial charge >= 0.3 is 0 Å². The number of nitrogens with zero attached hydrogens (tertiary/aromatic N) is 3. The second kappa shape index (κ2) is 9.63. The number of nitrogens with one attached hydrogen (secondary N) is 1. The van der Waals surface area contributed by atoms with Crippen LogP contribution in [0.1, 0.15) is 28.6 Å². The van der Waals surface area contributed by atoms with Crippen LogP contribution in [0, 0.1) is 0 Å². The van der Waals surface area contributed by atoms with Crippen molar-refractivity contribution in [2.24, 2.45) is 0 Å². The maximum atomic E-state index is 13.1. The fraction of sp³-hybridized carbons (Fsp3) is 0.259. The van der Waals surface area contributed by atoms with Crippen LogP contribution in [0.4, 0.5) is 17.2 Å². The van der Waals surface area contributed by atoms with Gasteiger partial charge in [-0.3, -0.25) is 4.79 Å². The number of rotatable bonds is 6. The second-order valence-corrected chi connectivity index (χ2v) is 9.38. The zero-order valence-electron chi connectivity index (χ0n) is 18.8. The molecule has 1 aliphatic heterocycles. The molecule has 5 rings (SSSR count). The molecule has 168 valence electrons. The molecule has 2 aromatic heterocycles. The maximum absolute atomic E-state index is 13.1. The molecule has 0 aliphatic carbocycles. The lowest BCUT2D eigenvalue weighted by molar-refractivity contribution is 0.103. The summed E-state index contributed by atoms with van der Waals surface area (Å²) in [5.74, 6) is 0.903. The van der Waals surface area contributed by atoms with E-state index in [-0.39, 0.29) is 5.91 Å². The molecule has 0 atom stereocenters. The molecule has 1 saturated heterocycles. The van der Waals surface area contributed by atoms with Crippen LogP contribution in [-0.2, 0) is 6.42 Å². The van der Waals surface area contributed by atoms with Crippen LogP contribution in [0.5, 0.6) is 0 Å². The van der Waals surface area contributed by atoms with E-state index in [0.29, 0.717) is 0 Å². The van der Waals surface area contributed by atoms with Crippen LogP contribution in [0.15, 0.2) is 72.9 Å². The van der Waals surface area contributed by atoms with Gasteiger partial charge in [0, 0.05) is 36.6 Å². The lowest BCUT2D eigenvalue weighted by Gasteiger charge is -2.36. The third-order valence-corrected chi connectivity index (χ3v) is 7.35. The van der Waals surface area contributed by atoms with Crippen LogP contribution in [0.3, 0.4) is 0 Å². The Morgan fingerprint density at radius 2 is 1.67 bits per heavy atom. The summed E-state index contributed by atoms with van der Waals surface area (Å²) >= 11 is 1.57. The Morgan fingerprint density at radius 1 is 0.939 bits per heavy atom. The summed E-state index contributed by atoms with van der Waals surface area (Å²) in [5.41, 5.74) is 3.15. The SMILES string of the molecule is CCCc1c(C(=O)Nc2ccc(N3CCN(c4ccccc4)CC3)nc2)sc2ccccc12. The fourth-order valence-corrected chi connectivity index (χ4v) is 5.59. The first-order valence-corrected chi connectivity index (χ1v) is 12.4. The largest absolute Gasteiger partial charge is 0.368 e. The molecule has 2 aromatic carbocycles. The predicted octanol–water partition coefficient (Wildman–Crippen LogP) is 5.83. The molecular weight excluding hydrogens is 428 g/mol. The highest BCUT2D eigenvalue weighted by Crippen LogP contribution is 2.33. The van der Waals surface area contributed by atoms with Crippen molar-refractivity contribution in [1.82, 2.24) is 4.98 Å². The van der Waals surface area contributed by atoms with Crippen LogP contribution in [-0.4, -0.2) is 37.1 Å². The summed E-state index contributed by atoms with van der Waals surface area (Å²) in [6, 6.07) is 22.8. The molecule has 0 spiro atoms. The van der Waals surface area contributed by atoms with Gasteiger partial charge in [0.25, 0.3) is 5.91 Å². The number of hydrogen-bond acceptors (Lipinski definition) is 5. The van der Waals surface area contributed by atoms with Crippen molar-refractivity contribution in [2.75, 3.05) is 41.3 Å². The normalized spacial score (nSPS) is 14.0. The summed E-state index contributed by atoms with van der Waals surface area (Å²) in [6.45, 7) is 5.94. The summed E-state index contributed by atoms with van der Waals surface area (Å²) < 4.78 is 1.16. The number of hydrogen-bond donors (Lipinski definition) is 1. The highest BCUT2D eigenvalue weighted by Gasteiger charge is 2.20. The van der Waals surface area contributed by atoms with Crippen molar-refractivity contribution in [3.05, 3.63) is 83.4 Å². The van der Waals surface area contributed by atoms with Crippen LogP contribution >= 0.6 is 11.3 Å². The van der Waals surface area contributed by atoms with Gasteiger partial charge in [-0.1, -0.05) is 49.7 Å². The summed E-state index contributed by atoms with van der Waals surface area (Å²) in [6.07, 6.45) is 3.68. The van der Waals surface area contributed by atoms with Crippen molar-refractivity contribution < 1.29 is 4.79 Å². The van der Waals surface area contributed by atoms with Crippen molar-refractivity contribution in [3.8, 4) is 0 Å². The molecule has 6 heteroatoms. The van der Waals surface area contributed by atoms with Gasteiger partial charge in [-0.2, -0.15) is 0 Å². The van der Waals surface area contributed by atoms with E-state index in [2.05, 4.69) is 69.5 Å². The van der Waals surface area contributed by atoms with Gasteiger partial charge in [0.1, 0.15) is 5.82 Å². The van der Waals surface area contributed by atoms with Gasteiger partial charge in [0.15, 0.2) is 0 Å². The van der Waals surface area contributed by atoms with Crippen LogP contribution in [0.25, 0.3) is 10.1 Å². The molecule has 0 radical (unpaired) electrons. The molecule has 1 N–H and O–H groups in total. The number of aryl methyl sites for hydroxylation is 1. The number of amides is 1. The molecule has 1 amide bonds. The average molecular weight is 457 g/mol. The number of pyridine rings is 1. The summed E-state index contributed by atoms with van der Waals surface area (Å²) in [4.78, 5) is 23.3. The van der Waals surface area contributed by atoms with Crippen LogP contribution < -0.4 is 15.1 Å². The Morgan fingerprint density at radius 3 is 2.39 bits per heavy atom. The van der Waals surface area contributed by atoms with Crippen molar-refractivity contribution >= 4 is 44.5 Å². The lowest BCUT2D eigenvalue weighted by Crippen LogP contribution is -2.46. The highest BCUT2D eigenvalue weighted by molar-refractivity contribution is 7.21. The van der Waals surface area contributed by atoms with E-state index in [1.165, 1.54) is 11.1 Å². The van der Waals surface area contributed by atoms with Gasteiger partial charge < -0.3 is 15.1 Å². The first kappa shape index (κ1) is 21.5. The molecule has 0 unspecified atom stereocenters. The highest BCUT2D eigenvalue weighted by atomic mass is 32.1. The first-order chi connectivity index (χ1) is 16.2. The molecule has 1 fully saturated rings. The number of para-hydroxylation sites is 1. The minimum Gasteiger partial charge on any atom is -0.368 e. The number of anilines is 3. The molecule has 3 heterocycles. The number of fused-ring (bicyclic) bond motifs is 1. The number of thiophene rings is 1. The van der Waals surface area contributed by atoms with E-state index in [9.17, 15) is 4.79 Å². The Labute approximate surface area is 198 Å². The standard InChI is InChI=1S/C27H28N4OS/c1-2-8-23-22-11-6-7-12-24(22)33-26(23)27(32)29-20-13-14-25(28-19-20)31-17-15-30(16-18-31)21-9-4-3-5-10-21/h3-7,9-14,19H,2,8,15-18H2,1H3,(H,29,32). The minimum atomic E-state index is -0.0503. The zero-order chi connectivity index (χ0) is 22.6. The quantitative estimate of drug-likeness (QED) is 0.397. The first-order valence-electron chi connectivity index (χ1n) is 11.6. The number of carbonyl (C=O) groups is 1. The predicted molar refractivity (Wildman–Crippen MR) is 139 cm³/mol. The monoisotopic (exact) mass is 456 g/mol. The van der Waals surface area contributed by atoms with E-state index >= 15 is 0 Å². The topological polar surface area (TPSA) is 48.5 Å². The maximum Gasteiger partial charge on any atom is 0.266 e. The van der Waals surface area contributed by atoms with E-state index in [4.69, 9.17) is 0 Å². The molecule has 4 aromatic rings. The lowest BCUT2D eigenvalue weighted by atomic mass is 10.1. The Kier molecular flexibility index (Phi) is 6.26. The van der Waals surface area contributed by atoms with Gasteiger partial charge in [0.2, 0.25) is 0 Å². The smallest absolute Gasteiger partial charge is 0.266 e. The molecule has 1 aliphatic rings. The fourth-order valence-electron chi connectivity index (χ4n) is 4.45. The average Bonchev–Trinajstić information content (AvgIpc) is 3.24. The van der Waals surface area contributed by atoms with Gasteiger partial charge in [-0.05, 0) is 47.7 Å². The van der Waals surface area contributed by atoms with E-state index < -0.39 is 0 Å². The third-order valence-electron chi connectivity index (χ3n) is 6.14. The van der Waals surface area contributed by atoms with Gasteiger partial charge in [-0.15, -0.1) is 11.3 Å². The minimum absolute atomic E-state index is 0.0503. The van der Waals surface area contributed by atoms with E-state index in [1.807, 2.05) is 24.3 Å². The Bertz CT molecular complexity index is 1230.